The number of aromatic nitrogens is 5. The van der Waals surface area contributed by atoms with Crippen LogP contribution in [0.5, 0.6) is 5.75 Å². The minimum absolute atomic E-state index is 0. The molecule has 0 bridgehead atoms. The molecule has 4 aromatic carbocycles. The quantitative estimate of drug-likeness (QED) is 0.147. The molecule has 0 spiro atoms. The first-order valence-electron chi connectivity index (χ1n) is 17.0. The summed E-state index contributed by atoms with van der Waals surface area (Å²) in [6.07, 6.45) is 0. The number of hydrogen-bond acceptors (Lipinski definition) is 4. The Labute approximate surface area is 278 Å². The van der Waals surface area contributed by atoms with Crippen molar-refractivity contribution in [3.63, 3.8) is 0 Å². The van der Waals surface area contributed by atoms with Gasteiger partial charge < -0.3 is 9.67 Å². The second-order valence-corrected chi connectivity index (χ2v) is 16.9. The first kappa shape index (κ1) is 22.2. The summed E-state index contributed by atoms with van der Waals surface area (Å²) in [5.41, 5.74) is 4.14. The fourth-order valence-corrected chi connectivity index (χ4v) is 7.76. The number of fused-ring (bicyclic) bond motifs is 8. The van der Waals surface area contributed by atoms with Crippen LogP contribution in [0.25, 0.3) is 66.5 Å². The summed E-state index contributed by atoms with van der Waals surface area (Å²) in [7, 11) is -2.18. The summed E-state index contributed by atoms with van der Waals surface area (Å²) in [4.78, 5) is 14.7. The molecular weight excluding hydrogens is 742 g/mol. The van der Waals surface area contributed by atoms with E-state index in [4.69, 9.17) is 18.2 Å². The Morgan fingerprint density at radius 3 is 2.52 bits per heavy atom. The Morgan fingerprint density at radius 2 is 1.70 bits per heavy atom. The van der Waals surface area contributed by atoms with E-state index in [0.29, 0.717) is 39.0 Å². The normalized spacial score (nSPS) is 14.7. The number of pyridine rings is 1. The molecule has 220 valence electrons. The minimum atomic E-state index is -2.61. The van der Waals surface area contributed by atoms with Crippen LogP contribution in [0, 0.1) is 19.8 Å². The molecule has 6 nitrogen and oxygen atoms in total. The van der Waals surface area contributed by atoms with E-state index in [2.05, 4.69) is 30.7 Å². The largest absolute Gasteiger partial charge is 0.507 e. The van der Waals surface area contributed by atoms with Gasteiger partial charge in [-0.05, 0) is 60.2 Å². The molecule has 44 heavy (non-hydrogen) atoms. The molecule has 0 aliphatic heterocycles. The van der Waals surface area contributed by atoms with Crippen LogP contribution in [0.15, 0.2) is 84.9 Å². The number of para-hydroxylation sites is 2. The van der Waals surface area contributed by atoms with Crippen LogP contribution in [0.2, 0.25) is 19.6 Å². The van der Waals surface area contributed by atoms with Crippen molar-refractivity contribution >= 4 is 62.6 Å². The molecule has 8 rings (SSSR count). The van der Waals surface area contributed by atoms with E-state index in [1.807, 2.05) is 59.2 Å². The van der Waals surface area contributed by atoms with E-state index in [0.717, 1.165) is 27.0 Å². The third-order valence-electron chi connectivity index (χ3n) is 8.10. The third-order valence-corrected chi connectivity index (χ3v) is 10.1. The van der Waals surface area contributed by atoms with Gasteiger partial charge in [0, 0.05) is 40.4 Å². The van der Waals surface area contributed by atoms with E-state index >= 15 is 0 Å². The number of nitrogens with zero attached hydrogens (tertiary/aromatic N) is 5. The van der Waals surface area contributed by atoms with Crippen molar-refractivity contribution in [3.8, 4) is 22.8 Å². The molecular formula is C36H30N5OPtSi-. The smallest absolute Gasteiger partial charge is 0.152 e. The number of hydrogen-bond donors (Lipinski definition) is 1. The van der Waals surface area contributed by atoms with E-state index in [-0.39, 0.29) is 43.8 Å². The third kappa shape index (κ3) is 4.14. The Balaban J connectivity index is 0.00000392. The predicted octanol–water partition coefficient (Wildman–Crippen LogP) is 7.86. The first-order chi connectivity index (χ1) is 23.1. The van der Waals surface area contributed by atoms with Crippen LogP contribution in [-0.4, -0.2) is 37.1 Å². The number of benzene rings is 4. The Bertz CT molecular complexity index is 2600. The first-order valence-corrected chi connectivity index (χ1v) is 17.5. The average Bonchev–Trinajstić information content (AvgIpc) is 3.59. The van der Waals surface area contributed by atoms with Gasteiger partial charge in [0.05, 0.1) is 35.7 Å². The Hall–Kier alpha value is -4.32. The van der Waals surface area contributed by atoms with Gasteiger partial charge in [0.2, 0.25) is 0 Å². The monoisotopic (exact) mass is 777 g/mol. The zero-order valence-corrected chi connectivity index (χ0v) is 27.4. The zero-order valence-electron chi connectivity index (χ0n) is 30.1. The van der Waals surface area contributed by atoms with Crippen molar-refractivity contribution in [1.29, 1.82) is 0 Å². The van der Waals surface area contributed by atoms with Gasteiger partial charge in [0.15, 0.2) is 5.65 Å². The molecule has 4 heterocycles. The van der Waals surface area contributed by atoms with Crippen LogP contribution >= 0.6 is 0 Å². The number of aryl methyl sites for hydroxylation is 2. The summed E-state index contributed by atoms with van der Waals surface area (Å²) in [5.74, 6) is 0.146. The van der Waals surface area contributed by atoms with Crippen molar-refractivity contribution in [1.82, 2.24) is 23.9 Å². The molecule has 0 atom stereocenters. The minimum Gasteiger partial charge on any atom is -0.507 e. The van der Waals surface area contributed by atoms with Gasteiger partial charge in [-0.3, -0.25) is 4.40 Å². The van der Waals surface area contributed by atoms with Crippen molar-refractivity contribution in [2.45, 2.75) is 33.3 Å². The molecule has 0 unspecified atom stereocenters. The van der Waals surface area contributed by atoms with Gasteiger partial charge in [-0.2, -0.15) is 24.3 Å². The second kappa shape index (κ2) is 10.1. The number of rotatable bonds is 3. The molecule has 4 aromatic heterocycles. The maximum atomic E-state index is 11.0. The van der Waals surface area contributed by atoms with E-state index in [1.54, 1.807) is 28.7 Å². The molecule has 0 amide bonds. The molecule has 0 fully saturated rings. The molecule has 8 heteroatoms. The van der Waals surface area contributed by atoms with Gasteiger partial charge in [0.25, 0.3) is 0 Å². The molecule has 0 saturated carbocycles. The van der Waals surface area contributed by atoms with Crippen LogP contribution in [0.3, 0.4) is 0 Å². The average molecular weight is 778 g/mol. The van der Waals surface area contributed by atoms with Crippen LogP contribution in [-0.2, 0) is 21.1 Å². The van der Waals surface area contributed by atoms with Crippen molar-refractivity contribution in [2.24, 2.45) is 0 Å². The maximum absolute atomic E-state index is 11.0. The molecule has 8 aromatic rings. The summed E-state index contributed by atoms with van der Waals surface area (Å²) < 4.78 is 54.2. The number of phenolic OH excluding ortho intramolecular Hbond substituents is 1. The molecule has 0 radical (unpaired) electrons. The van der Waals surface area contributed by atoms with Crippen molar-refractivity contribution in [2.75, 3.05) is 0 Å². The molecule has 0 aliphatic rings. The summed E-state index contributed by atoms with van der Waals surface area (Å²) >= 11 is 0. The summed E-state index contributed by atoms with van der Waals surface area (Å²) in [6, 6.07) is 28.7. The summed E-state index contributed by atoms with van der Waals surface area (Å²) in [5, 5.41) is 14.2. The van der Waals surface area contributed by atoms with E-state index in [9.17, 15) is 5.11 Å². The van der Waals surface area contributed by atoms with Crippen LogP contribution < -0.4 is 5.19 Å². The van der Waals surface area contributed by atoms with Gasteiger partial charge in [-0.1, -0.05) is 61.6 Å². The standard InChI is InChI=1S/C36H30N5OSi.Pt/c1-21-19-27(38-32(20-21)41-28-14-8-6-11-23(28)24-12-7-9-15-29(24)41)25-17-18-31(43(3,4)5)35-34(25)39-36-33-26(13-10-16-30(33)42)37-22(2)40(35)36;/h6-14,16-20,42H,1-5H3;/q-1;/i1D3,2D3;. The predicted molar refractivity (Wildman–Crippen MR) is 179 cm³/mol. The number of imidazole rings is 1. The van der Waals surface area contributed by atoms with Gasteiger partial charge in [-0.15, -0.1) is 5.39 Å². The fourth-order valence-electron chi connectivity index (χ4n) is 6.24. The molecule has 0 saturated heterocycles. The molecule has 1 N–H and O–H groups in total. The maximum Gasteiger partial charge on any atom is 0.152 e. The van der Waals surface area contributed by atoms with Crippen molar-refractivity contribution < 1.29 is 34.4 Å². The number of aromatic hydroxyl groups is 1. The van der Waals surface area contributed by atoms with Gasteiger partial charge >= 0.3 is 0 Å². The fraction of sp³-hybridized carbons (Fsp3) is 0.139. The Morgan fingerprint density at radius 1 is 0.864 bits per heavy atom. The Kier molecular flexibility index (Phi) is 5.11. The SMILES string of the molecule is [2H]C([2H])([2H])c1cc(-c2ccc([Si](C)(C)C)c3c2nc2c4c(O)cccc4nc(C([2H])([2H])[2H])n23)nc(-n2c3[c-]cccc3c3ccccc32)c1.[Pt]. The number of phenols is 1. The van der Waals surface area contributed by atoms with Gasteiger partial charge in [-0.25, -0.2) is 15.0 Å². The molecule has 0 aliphatic carbocycles. The van der Waals surface area contributed by atoms with Crippen molar-refractivity contribution in [3.05, 3.63) is 102 Å². The van der Waals surface area contributed by atoms with E-state index in [1.165, 1.54) is 6.07 Å². The van der Waals surface area contributed by atoms with Crippen LogP contribution in [0.4, 0.5) is 0 Å². The van der Waals surface area contributed by atoms with Crippen LogP contribution in [0.1, 0.15) is 19.6 Å². The zero-order chi connectivity index (χ0) is 34.6. The van der Waals surface area contributed by atoms with E-state index < -0.39 is 21.8 Å². The second-order valence-electron chi connectivity index (χ2n) is 11.9. The van der Waals surface area contributed by atoms with Gasteiger partial charge in [0.1, 0.15) is 17.4 Å². The summed E-state index contributed by atoms with van der Waals surface area (Å²) in [6.45, 7) is 1.40. The topological polar surface area (TPSA) is 68.2 Å².